The Bertz CT molecular complexity index is 297. The van der Waals surface area contributed by atoms with Gasteiger partial charge in [-0.25, -0.2) is 0 Å². The largest absolute Gasteiger partial charge is 0.373 e. The molecule has 0 aliphatic heterocycles. The first-order valence-electron chi connectivity index (χ1n) is 5.71. The van der Waals surface area contributed by atoms with Crippen LogP contribution in [0.3, 0.4) is 0 Å². The predicted octanol–water partition coefficient (Wildman–Crippen LogP) is 3.22. The summed E-state index contributed by atoms with van der Waals surface area (Å²) in [4.78, 5) is 1.31. The van der Waals surface area contributed by atoms with Crippen molar-refractivity contribution in [1.29, 1.82) is 0 Å². The van der Waals surface area contributed by atoms with Crippen LogP contribution in [-0.4, -0.2) is 18.4 Å². The van der Waals surface area contributed by atoms with Crippen LogP contribution in [0.1, 0.15) is 32.4 Å². The molecule has 1 rings (SSSR count). The van der Waals surface area contributed by atoms with Crippen LogP contribution in [0, 0.1) is 0 Å². The minimum Gasteiger partial charge on any atom is -0.373 e. The van der Waals surface area contributed by atoms with E-state index in [2.05, 4.69) is 45.0 Å². The lowest BCUT2D eigenvalue weighted by atomic mass is 10.1. The summed E-state index contributed by atoms with van der Waals surface area (Å²) < 4.78 is 5.57. The minimum absolute atomic E-state index is 0.127. The molecule has 0 heterocycles. The zero-order valence-corrected chi connectivity index (χ0v) is 11.1. The molecule has 2 N–H and O–H groups in total. The molecule has 16 heavy (non-hydrogen) atoms. The molecule has 0 amide bonds. The minimum atomic E-state index is 0.127. The molecule has 0 spiro atoms. The summed E-state index contributed by atoms with van der Waals surface area (Å²) in [6.07, 6.45) is 0.127. The summed E-state index contributed by atoms with van der Waals surface area (Å²) in [7, 11) is 0. The van der Waals surface area contributed by atoms with E-state index in [1.807, 2.05) is 11.8 Å². The highest BCUT2D eigenvalue weighted by Gasteiger charge is 2.05. The maximum atomic E-state index is 5.57. The molecule has 1 aromatic rings. The van der Waals surface area contributed by atoms with Crippen LogP contribution in [0.2, 0.25) is 0 Å². The fraction of sp³-hybridized carbons (Fsp3) is 0.538. The Labute approximate surface area is 103 Å². The predicted molar refractivity (Wildman–Crippen MR) is 70.9 cm³/mol. The van der Waals surface area contributed by atoms with Crippen LogP contribution in [0.5, 0.6) is 0 Å². The molecule has 0 radical (unpaired) electrons. The van der Waals surface area contributed by atoms with E-state index < -0.39 is 0 Å². The number of thioether (sulfide) groups is 1. The van der Waals surface area contributed by atoms with Gasteiger partial charge in [-0.1, -0.05) is 26.0 Å². The van der Waals surface area contributed by atoms with Crippen molar-refractivity contribution in [1.82, 2.24) is 0 Å². The summed E-state index contributed by atoms with van der Waals surface area (Å²) in [5.41, 5.74) is 6.62. The smallest absolute Gasteiger partial charge is 0.0797 e. The van der Waals surface area contributed by atoms with Crippen LogP contribution >= 0.6 is 11.8 Å². The lowest BCUT2D eigenvalue weighted by molar-refractivity contribution is 0.0718. The summed E-state index contributed by atoms with van der Waals surface area (Å²) >= 11 is 1.88. The normalized spacial score (nSPS) is 13.1. The van der Waals surface area contributed by atoms with Gasteiger partial charge in [0, 0.05) is 16.7 Å². The molecular formula is C13H21NOS. The van der Waals surface area contributed by atoms with Crippen molar-refractivity contribution in [2.75, 3.05) is 13.2 Å². The van der Waals surface area contributed by atoms with E-state index in [-0.39, 0.29) is 6.10 Å². The Morgan fingerprint density at radius 2 is 1.81 bits per heavy atom. The van der Waals surface area contributed by atoms with Gasteiger partial charge in [0.2, 0.25) is 0 Å². The van der Waals surface area contributed by atoms with E-state index in [9.17, 15) is 0 Å². The van der Waals surface area contributed by atoms with Gasteiger partial charge in [-0.2, -0.15) is 0 Å². The van der Waals surface area contributed by atoms with Gasteiger partial charge in [0.25, 0.3) is 0 Å². The second-order valence-electron chi connectivity index (χ2n) is 4.04. The van der Waals surface area contributed by atoms with Crippen LogP contribution in [-0.2, 0) is 4.74 Å². The highest BCUT2D eigenvalue weighted by atomic mass is 32.2. The summed E-state index contributed by atoms with van der Waals surface area (Å²) in [5, 5.41) is 0.622. The zero-order chi connectivity index (χ0) is 12.0. The standard InChI is InChI=1S/C13H21NOS/c1-10(2)16-13-6-4-12(5-7-13)11(3)15-9-8-14/h4-7,10-11H,8-9,14H2,1-3H3. The molecule has 1 unspecified atom stereocenters. The van der Waals surface area contributed by atoms with Crippen LogP contribution in [0.15, 0.2) is 29.2 Å². The third-order valence-electron chi connectivity index (χ3n) is 2.21. The molecule has 0 fully saturated rings. The average Bonchev–Trinajstić information content (AvgIpc) is 2.26. The van der Waals surface area contributed by atoms with E-state index in [0.29, 0.717) is 18.4 Å². The Balaban J connectivity index is 2.56. The Kier molecular flexibility index (Phi) is 5.88. The fourth-order valence-corrected chi connectivity index (χ4v) is 2.27. The molecule has 0 saturated heterocycles. The van der Waals surface area contributed by atoms with Gasteiger partial charge in [0.15, 0.2) is 0 Å². The zero-order valence-electron chi connectivity index (χ0n) is 10.3. The topological polar surface area (TPSA) is 35.2 Å². The van der Waals surface area contributed by atoms with Crippen molar-refractivity contribution >= 4 is 11.8 Å². The van der Waals surface area contributed by atoms with Crippen molar-refractivity contribution in [2.45, 2.75) is 37.0 Å². The second-order valence-corrected chi connectivity index (χ2v) is 5.69. The molecule has 0 bridgehead atoms. The summed E-state index contributed by atoms with van der Waals surface area (Å²) in [6, 6.07) is 8.57. The monoisotopic (exact) mass is 239 g/mol. The molecule has 0 aliphatic rings. The molecule has 0 aromatic heterocycles. The first-order chi connectivity index (χ1) is 7.63. The number of ether oxygens (including phenoxy) is 1. The molecule has 3 heteroatoms. The number of nitrogens with two attached hydrogens (primary N) is 1. The van der Waals surface area contributed by atoms with Gasteiger partial charge >= 0.3 is 0 Å². The number of hydrogen-bond acceptors (Lipinski definition) is 3. The van der Waals surface area contributed by atoms with Gasteiger partial charge in [-0.15, -0.1) is 11.8 Å². The molecule has 1 atom stereocenters. The Morgan fingerprint density at radius 3 is 2.31 bits per heavy atom. The van der Waals surface area contributed by atoms with Crippen molar-refractivity contribution < 1.29 is 4.74 Å². The lowest BCUT2D eigenvalue weighted by Crippen LogP contribution is -2.10. The van der Waals surface area contributed by atoms with Gasteiger partial charge in [0.05, 0.1) is 12.7 Å². The van der Waals surface area contributed by atoms with E-state index in [1.54, 1.807) is 0 Å². The van der Waals surface area contributed by atoms with Crippen molar-refractivity contribution in [3.05, 3.63) is 29.8 Å². The SMILES string of the molecule is CC(C)Sc1ccc(C(C)OCCN)cc1. The molecule has 90 valence electrons. The van der Waals surface area contributed by atoms with E-state index in [1.165, 1.54) is 10.5 Å². The Morgan fingerprint density at radius 1 is 1.19 bits per heavy atom. The average molecular weight is 239 g/mol. The van der Waals surface area contributed by atoms with Crippen molar-refractivity contribution in [3.8, 4) is 0 Å². The van der Waals surface area contributed by atoms with Crippen molar-refractivity contribution in [3.63, 3.8) is 0 Å². The van der Waals surface area contributed by atoms with Crippen LogP contribution in [0.25, 0.3) is 0 Å². The van der Waals surface area contributed by atoms with E-state index >= 15 is 0 Å². The maximum Gasteiger partial charge on any atom is 0.0797 e. The number of benzene rings is 1. The molecular weight excluding hydrogens is 218 g/mol. The molecule has 2 nitrogen and oxygen atoms in total. The van der Waals surface area contributed by atoms with Crippen molar-refractivity contribution in [2.24, 2.45) is 5.73 Å². The molecule has 1 aromatic carbocycles. The second kappa shape index (κ2) is 6.94. The van der Waals surface area contributed by atoms with Gasteiger partial charge in [-0.05, 0) is 24.6 Å². The highest BCUT2D eigenvalue weighted by Crippen LogP contribution is 2.25. The first kappa shape index (κ1) is 13.6. The van der Waals surface area contributed by atoms with Crippen LogP contribution < -0.4 is 5.73 Å². The van der Waals surface area contributed by atoms with Gasteiger partial charge in [0.1, 0.15) is 0 Å². The maximum absolute atomic E-state index is 5.57. The van der Waals surface area contributed by atoms with E-state index in [4.69, 9.17) is 10.5 Å². The quantitative estimate of drug-likeness (QED) is 0.774. The van der Waals surface area contributed by atoms with E-state index in [0.717, 1.165) is 0 Å². The molecule has 0 saturated carbocycles. The first-order valence-corrected chi connectivity index (χ1v) is 6.59. The Hall–Kier alpha value is -0.510. The summed E-state index contributed by atoms with van der Waals surface area (Å²) in [6.45, 7) is 7.65. The third kappa shape index (κ3) is 4.56. The number of rotatable bonds is 6. The lowest BCUT2D eigenvalue weighted by Gasteiger charge is -2.13. The highest BCUT2D eigenvalue weighted by molar-refractivity contribution is 7.99. The van der Waals surface area contributed by atoms with Crippen LogP contribution in [0.4, 0.5) is 0 Å². The summed E-state index contributed by atoms with van der Waals surface area (Å²) in [5.74, 6) is 0. The fourth-order valence-electron chi connectivity index (χ4n) is 1.43. The van der Waals surface area contributed by atoms with Gasteiger partial charge < -0.3 is 10.5 Å². The third-order valence-corrected chi connectivity index (χ3v) is 3.22. The molecule has 0 aliphatic carbocycles. The van der Waals surface area contributed by atoms with Gasteiger partial charge in [-0.3, -0.25) is 0 Å². The number of hydrogen-bond donors (Lipinski definition) is 1.